The minimum atomic E-state index is -0.0296. The van der Waals surface area contributed by atoms with Crippen LogP contribution in [0.5, 0.6) is 0 Å². The molecule has 0 fully saturated rings. The summed E-state index contributed by atoms with van der Waals surface area (Å²) < 4.78 is 1.04. The molecule has 3 rings (SSSR count). The van der Waals surface area contributed by atoms with Gasteiger partial charge in [0, 0.05) is 18.1 Å². The third kappa shape index (κ3) is 4.22. The quantitative estimate of drug-likeness (QED) is 0.502. The molecule has 0 radical (unpaired) electrons. The van der Waals surface area contributed by atoms with Crippen LogP contribution in [0.4, 0.5) is 5.13 Å². The smallest absolute Gasteiger partial charge is 0.272 e. The van der Waals surface area contributed by atoms with Crippen molar-refractivity contribution in [1.29, 1.82) is 0 Å². The van der Waals surface area contributed by atoms with Crippen LogP contribution in [0.15, 0.2) is 12.1 Å². The summed E-state index contributed by atoms with van der Waals surface area (Å²) in [6.45, 7) is 13.3. The number of aryl methyl sites for hydroxylation is 3. The van der Waals surface area contributed by atoms with Crippen LogP contribution in [0.3, 0.4) is 0 Å². The van der Waals surface area contributed by atoms with Gasteiger partial charge in [-0.2, -0.15) is 0 Å². The van der Waals surface area contributed by atoms with Gasteiger partial charge in [0.2, 0.25) is 0 Å². The maximum absolute atomic E-state index is 13.4. The number of carbonyl (C=O) groups excluding carboxylic acids is 1. The van der Waals surface area contributed by atoms with Gasteiger partial charge in [-0.25, -0.2) is 9.97 Å². The van der Waals surface area contributed by atoms with E-state index in [-0.39, 0.29) is 5.91 Å². The van der Waals surface area contributed by atoms with Crippen LogP contribution < -0.4 is 4.90 Å². The first-order chi connectivity index (χ1) is 13.3. The summed E-state index contributed by atoms with van der Waals surface area (Å²) in [6.07, 6.45) is 0. The topological polar surface area (TPSA) is 49.3 Å². The maximum Gasteiger partial charge on any atom is 0.272 e. The average molecular weight is 437 g/mol. The summed E-state index contributed by atoms with van der Waals surface area (Å²) in [6, 6.07) is 3.86. The van der Waals surface area contributed by atoms with Crippen LogP contribution in [-0.2, 0) is 0 Å². The van der Waals surface area contributed by atoms with E-state index in [4.69, 9.17) is 16.6 Å². The van der Waals surface area contributed by atoms with Crippen molar-refractivity contribution in [2.75, 3.05) is 31.1 Å². The van der Waals surface area contributed by atoms with Crippen molar-refractivity contribution in [3.8, 4) is 0 Å². The van der Waals surface area contributed by atoms with Gasteiger partial charge in [-0.15, -0.1) is 11.3 Å². The Morgan fingerprint density at radius 1 is 1.07 bits per heavy atom. The van der Waals surface area contributed by atoms with Crippen molar-refractivity contribution in [1.82, 2.24) is 14.9 Å². The van der Waals surface area contributed by atoms with E-state index >= 15 is 0 Å². The fraction of sp³-hybridized carbons (Fsp3) is 0.450. The third-order valence-electron chi connectivity index (χ3n) is 4.84. The van der Waals surface area contributed by atoms with Crippen LogP contribution in [0.25, 0.3) is 10.2 Å². The lowest BCUT2D eigenvalue weighted by Gasteiger charge is -2.24. The molecule has 28 heavy (non-hydrogen) atoms. The Labute approximate surface area is 179 Å². The molecular formula is C20H25ClN4OS2. The minimum absolute atomic E-state index is 0.0296. The van der Waals surface area contributed by atoms with Gasteiger partial charge in [-0.1, -0.05) is 36.8 Å². The fourth-order valence-electron chi connectivity index (χ4n) is 3.12. The zero-order valence-electron chi connectivity index (χ0n) is 16.9. The second-order valence-electron chi connectivity index (χ2n) is 6.65. The van der Waals surface area contributed by atoms with Gasteiger partial charge in [0.15, 0.2) is 5.13 Å². The van der Waals surface area contributed by atoms with Crippen molar-refractivity contribution in [3.05, 3.63) is 38.3 Å². The average Bonchev–Trinajstić information content (AvgIpc) is 3.24. The van der Waals surface area contributed by atoms with Gasteiger partial charge < -0.3 is 4.90 Å². The highest BCUT2D eigenvalue weighted by Gasteiger charge is 2.25. The first-order valence-corrected chi connectivity index (χ1v) is 11.4. The van der Waals surface area contributed by atoms with Gasteiger partial charge >= 0.3 is 0 Å². The van der Waals surface area contributed by atoms with E-state index in [0.29, 0.717) is 21.6 Å². The Balaban J connectivity index is 2.01. The molecule has 150 valence electrons. The van der Waals surface area contributed by atoms with Crippen molar-refractivity contribution in [2.45, 2.75) is 34.6 Å². The molecule has 0 spiro atoms. The second-order valence-corrected chi connectivity index (χ2v) is 9.27. The van der Waals surface area contributed by atoms with Gasteiger partial charge in [0.25, 0.3) is 5.91 Å². The van der Waals surface area contributed by atoms with Crippen LogP contribution in [0.1, 0.15) is 39.8 Å². The Kier molecular flexibility index (Phi) is 6.70. The molecule has 0 saturated carbocycles. The van der Waals surface area contributed by atoms with E-state index in [1.165, 1.54) is 22.7 Å². The number of fused-ring (bicyclic) bond motifs is 1. The van der Waals surface area contributed by atoms with Crippen molar-refractivity contribution in [2.24, 2.45) is 0 Å². The van der Waals surface area contributed by atoms with Crippen LogP contribution in [0.2, 0.25) is 5.02 Å². The highest BCUT2D eigenvalue weighted by atomic mass is 35.5. The molecule has 0 aliphatic carbocycles. The Morgan fingerprint density at radius 3 is 2.39 bits per heavy atom. The molecule has 5 nitrogen and oxygen atoms in total. The highest BCUT2D eigenvalue weighted by molar-refractivity contribution is 7.22. The zero-order chi connectivity index (χ0) is 20.4. The molecule has 1 aromatic carbocycles. The number of nitrogens with zero attached hydrogens (tertiary/aromatic N) is 4. The van der Waals surface area contributed by atoms with Crippen molar-refractivity contribution >= 4 is 55.5 Å². The first kappa shape index (κ1) is 21.2. The number of hydrogen-bond acceptors (Lipinski definition) is 6. The van der Waals surface area contributed by atoms with Crippen LogP contribution in [-0.4, -0.2) is 47.0 Å². The first-order valence-electron chi connectivity index (χ1n) is 9.39. The molecule has 2 heterocycles. The van der Waals surface area contributed by atoms with E-state index in [9.17, 15) is 4.79 Å². The van der Waals surface area contributed by atoms with Crippen molar-refractivity contribution < 1.29 is 4.79 Å². The summed E-state index contributed by atoms with van der Waals surface area (Å²) in [7, 11) is 0. The number of hydrogen-bond donors (Lipinski definition) is 0. The SMILES string of the molecule is CCN(CC)CCN(C(=O)c1sc(C)nc1C)c1nc2c(C)c(Cl)ccc2s1. The number of halogens is 1. The normalized spacial score (nSPS) is 11.5. The summed E-state index contributed by atoms with van der Waals surface area (Å²) in [5, 5.41) is 2.30. The number of amides is 1. The summed E-state index contributed by atoms with van der Waals surface area (Å²) in [5.41, 5.74) is 2.59. The molecule has 0 unspecified atom stereocenters. The second kappa shape index (κ2) is 8.86. The number of aromatic nitrogens is 2. The van der Waals surface area contributed by atoms with Gasteiger partial charge in [0.05, 0.1) is 20.9 Å². The number of carbonyl (C=O) groups is 1. The number of rotatable bonds is 7. The summed E-state index contributed by atoms with van der Waals surface area (Å²) >= 11 is 9.24. The lowest BCUT2D eigenvalue weighted by molar-refractivity contribution is 0.0987. The maximum atomic E-state index is 13.4. The van der Waals surface area contributed by atoms with E-state index < -0.39 is 0 Å². The third-order valence-corrected chi connectivity index (χ3v) is 7.36. The lowest BCUT2D eigenvalue weighted by Crippen LogP contribution is -2.38. The Morgan fingerprint density at radius 2 is 1.79 bits per heavy atom. The summed E-state index contributed by atoms with van der Waals surface area (Å²) in [4.78, 5) is 27.4. The highest BCUT2D eigenvalue weighted by Crippen LogP contribution is 2.34. The predicted molar refractivity (Wildman–Crippen MR) is 120 cm³/mol. The Hall–Kier alpha value is -1.54. The van der Waals surface area contributed by atoms with Crippen LogP contribution >= 0.6 is 34.3 Å². The monoisotopic (exact) mass is 436 g/mol. The van der Waals surface area contributed by atoms with E-state index in [1.807, 2.05) is 32.9 Å². The molecule has 0 aliphatic rings. The lowest BCUT2D eigenvalue weighted by atomic mass is 10.2. The number of benzene rings is 1. The molecule has 3 aromatic rings. The zero-order valence-corrected chi connectivity index (χ0v) is 19.3. The minimum Gasteiger partial charge on any atom is -0.302 e. The van der Waals surface area contributed by atoms with E-state index in [1.54, 1.807) is 4.90 Å². The molecular weight excluding hydrogens is 412 g/mol. The largest absolute Gasteiger partial charge is 0.302 e. The molecule has 0 N–H and O–H groups in total. The molecule has 0 aliphatic heterocycles. The number of likely N-dealkylation sites (N-methyl/N-ethyl adjacent to an activating group) is 1. The van der Waals surface area contributed by atoms with Gasteiger partial charge in [-0.05, 0) is 51.6 Å². The summed E-state index contributed by atoms with van der Waals surface area (Å²) in [5.74, 6) is -0.0296. The number of anilines is 1. The molecule has 0 saturated heterocycles. The van der Waals surface area contributed by atoms with E-state index in [0.717, 1.165) is 46.1 Å². The standard InChI is InChI=1S/C20H25ClN4OS2/c1-6-24(7-2)10-11-25(19(26)18-13(4)22-14(5)27-18)20-23-17-12(3)15(21)8-9-16(17)28-20/h8-9H,6-7,10-11H2,1-5H3. The fourth-order valence-corrected chi connectivity index (χ4v) is 5.19. The van der Waals surface area contributed by atoms with Gasteiger partial charge in [-0.3, -0.25) is 9.69 Å². The predicted octanol–water partition coefficient (Wildman–Crippen LogP) is 5.32. The van der Waals surface area contributed by atoms with Gasteiger partial charge in [0.1, 0.15) is 4.88 Å². The molecule has 2 aromatic heterocycles. The molecule has 0 atom stereocenters. The number of thiazole rings is 2. The molecule has 0 bridgehead atoms. The van der Waals surface area contributed by atoms with Crippen molar-refractivity contribution in [3.63, 3.8) is 0 Å². The van der Waals surface area contributed by atoms with E-state index in [2.05, 4.69) is 23.7 Å². The molecule has 8 heteroatoms. The molecule has 1 amide bonds. The Bertz CT molecular complexity index is 994. The van der Waals surface area contributed by atoms with Crippen LogP contribution in [0, 0.1) is 20.8 Å².